The van der Waals surface area contributed by atoms with Crippen LogP contribution in [0.5, 0.6) is 0 Å². The van der Waals surface area contributed by atoms with Crippen LogP contribution in [0.1, 0.15) is 52.4 Å². The fourth-order valence-electron chi connectivity index (χ4n) is 3.87. The van der Waals surface area contributed by atoms with Crippen molar-refractivity contribution in [3.05, 3.63) is 0 Å². The van der Waals surface area contributed by atoms with E-state index >= 15 is 0 Å². The molecule has 2 aliphatic rings. The number of halogens is 1. The summed E-state index contributed by atoms with van der Waals surface area (Å²) >= 11 is 0. The molecular weight excluding hydrogens is 344 g/mol. The van der Waals surface area contributed by atoms with Gasteiger partial charge in [-0.2, -0.15) is 0 Å². The number of nitrogens with zero attached hydrogens (tertiary/aromatic N) is 2. The van der Waals surface area contributed by atoms with Crippen molar-refractivity contribution < 1.29 is 14.4 Å². The number of hydrogen-bond acceptors (Lipinski definition) is 4. The van der Waals surface area contributed by atoms with Crippen molar-refractivity contribution in [3.8, 4) is 0 Å². The van der Waals surface area contributed by atoms with Crippen molar-refractivity contribution in [2.75, 3.05) is 20.1 Å². The van der Waals surface area contributed by atoms with Gasteiger partial charge in [0, 0.05) is 19.6 Å². The average molecular weight is 375 g/mol. The van der Waals surface area contributed by atoms with Crippen LogP contribution < -0.4 is 11.1 Å². The Kier molecular flexibility index (Phi) is 7.68. The first kappa shape index (κ1) is 21.7. The van der Waals surface area contributed by atoms with Crippen molar-refractivity contribution in [1.29, 1.82) is 0 Å². The van der Waals surface area contributed by atoms with Gasteiger partial charge in [-0.3, -0.25) is 14.5 Å². The fraction of sp³-hybridized carbons (Fsp3) is 0.824. The number of hydrogen-bond donors (Lipinski definition) is 2. The number of likely N-dealkylation sites (N-methyl/N-ethyl adjacent to an activating group) is 1. The second kappa shape index (κ2) is 8.85. The molecule has 0 bridgehead atoms. The van der Waals surface area contributed by atoms with Crippen LogP contribution in [0, 0.1) is 5.92 Å². The molecule has 0 aromatic heterocycles. The molecule has 1 aliphatic heterocycles. The molecule has 1 saturated heterocycles. The average Bonchev–Trinajstić information content (AvgIpc) is 2.71. The standard InChI is InChI=1S/C17H30N4O3.ClH/c1-12(2)9-13(10-18)19-14(22)11-21-15(23)17(20(3)16(21)24)7-5-4-6-8-17;/h12-13H,4-11,18H2,1-3H3,(H,19,22);1H. The quantitative estimate of drug-likeness (QED) is 0.688. The number of amides is 4. The Labute approximate surface area is 156 Å². The van der Waals surface area contributed by atoms with Crippen LogP contribution in [0.25, 0.3) is 0 Å². The molecule has 0 radical (unpaired) electrons. The van der Waals surface area contributed by atoms with Crippen LogP contribution >= 0.6 is 12.4 Å². The van der Waals surface area contributed by atoms with E-state index in [-0.39, 0.29) is 42.8 Å². The molecule has 8 heteroatoms. The van der Waals surface area contributed by atoms with Crippen LogP contribution in [-0.4, -0.2) is 59.4 Å². The van der Waals surface area contributed by atoms with Crippen molar-refractivity contribution >= 4 is 30.3 Å². The van der Waals surface area contributed by atoms with Crippen LogP contribution in [0.4, 0.5) is 4.79 Å². The molecule has 1 aliphatic carbocycles. The van der Waals surface area contributed by atoms with Gasteiger partial charge in [-0.25, -0.2) is 4.79 Å². The van der Waals surface area contributed by atoms with Gasteiger partial charge in [0.15, 0.2) is 0 Å². The summed E-state index contributed by atoms with van der Waals surface area (Å²) in [6.07, 6.45) is 5.11. The molecule has 7 nitrogen and oxygen atoms in total. The lowest BCUT2D eigenvalue weighted by atomic mass is 9.81. The molecule has 4 amide bonds. The maximum absolute atomic E-state index is 12.8. The normalized spacial score (nSPS) is 20.8. The summed E-state index contributed by atoms with van der Waals surface area (Å²) in [6.45, 7) is 4.24. The first-order valence-corrected chi connectivity index (χ1v) is 8.91. The van der Waals surface area contributed by atoms with E-state index in [1.54, 1.807) is 7.05 Å². The number of carbonyl (C=O) groups excluding carboxylic acids is 3. The monoisotopic (exact) mass is 374 g/mol. The summed E-state index contributed by atoms with van der Waals surface area (Å²) in [5.41, 5.74) is 4.96. The summed E-state index contributed by atoms with van der Waals surface area (Å²) in [6, 6.07) is -0.503. The fourth-order valence-corrected chi connectivity index (χ4v) is 3.87. The number of nitrogens with one attached hydrogen (secondary N) is 1. The van der Waals surface area contributed by atoms with Crippen molar-refractivity contribution in [2.24, 2.45) is 11.7 Å². The lowest BCUT2D eigenvalue weighted by molar-refractivity contribution is -0.137. The second-order valence-corrected chi connectivity index (χ2v) is 7.45. The minimum atomic E-state index is -0.735. The van der Waals surface area contributed by atoms with Gasteiger partial charge >= 0.3 is 6.03 Å². The van der Waals surface area contributed by atoms with Gasteiger partial charge in [-0.1, -0.05) is 33.1 Å². The van der Waals surface area contributed by atoms with Gasteiger partial charge in [0.1, 0.15) is 12.1 Å². The van der Waals surface area contributed by atoms with E-state index in [2.05, 4.69) is 19.2 Å². The topological polar surface area (TPSA) is 95.7 Å². The van der Waals surface area contributed by atoms with Crippen LogP contribution in [0.15, 0.2) is 0 Å². The van der Waals surface area contributed by atoms with Gasteiger partial charge in [-0.15, -0.1) is 12.4 Å². The Morgan fingerprint density at radius 1 is 1.24 bits per heavy atom. The van der Waals surface area contributed by atoms with Gasteiger partial charge in [0.2, 0.25) is 5.91 Å². The third-order valence-electron chi connectivity index (χ3n) is 5.19. The Balaban J connectivity index is 0.00000312. The molecule has 144 valence electrons. The predicted octanol–water partition coefficient (Wildman–Crippen LogP) is 1.49. The minimum Gasteiger partial charge on any atom is -0.351 e. The number of imide groups is 1. The van der Waals surface area contributed by atoms with Crippen molar-refractivity contribution in [1.82, 2.24) is 15.1 Å². The zero-order chi connectivity index (χ0) is 17.9. The molecule has 1 spiro atoms. The molecule has 2 fully saturated rings. The molecule has 0 aromatic carbocycles. The maximum Gasteiger partial charge on any atom is 0.327 e. The van der Waals surface area contributed by atoms with E-state index in [4.69, 9.17) is 5.73 Å². The molecule has 1 unspecified atom stereocenters. The van der Waals surface area contributed by atoms with E-state index in [1.807, 2.05) is 0 Å². The van der Waals surface area contributed by atoms with E-state index in [1.165, 1.54) is 4.90 Å². The van der Waals surface area contributed by atoms with Gasteiger partial charge in [0.05, 0.1) is 0 Å². The summed E-state index contributed by atoms with van der Waals surface area (Å²) in [4.78, 5) is 40.2. The first-order valence-electron chi connectivity index (χ1n) is 8.91. The van der Waals surface area contributed by atoms with E-state index in [0.29, 0.717) is 25.3 Å². The van der Waals surface area contributed by atoms with E-state index in [0.717, 1.165) is 30.6 Å². The Bertz CT molecular complexity index is 506. The van der Waals surface area contributed by atoms with E-state index < -0.39 is 5.54 Å². The molecule has 1 saturated carbocycles. The zero-order valence-electron chi connectivity index (χ0n) is 15.4. The number of carbonyl (C=O) groups is 3. The smallest absolute Gasteiger partial charge is 0.327 e. The van der Waals surface area contributed by atoms with Crippen LogP contribution in [0.2, 0.25) is 0 Å². The lowest BCUT2D eigenvalue weighted by Gasteiger charge is -2.35. The van der Waals surface area contributed by atoms with Crippen molar-refractivity contribution in [3.63, 3.8) is 0 Å². The third-order valence-corrected chi connectivity index (χ3v) is 5.19. The molecule has 0 aromatic rings. The third kappa shape index (κ3) is 4.44. The minimum absolute atomic E-state index is 0. The highest BCUT2D eigenvalue weighted by molar-refractivity contribution is 6.08. The van der Waals surface area contributed by atoms with E-state index in [9.17, 15) is 14.4 Å². The zero-order valence-corrected chi connectivity index (χ0v) is 16.2. The second-order valence-electron chi connectivity index (χ2n) is 7.45. The molecular formula is C17H31ClN4O3. The SMILES string of the molecule is CC(C)CC(CN)NC(=O)CN1C(=O)N(C)C2(CCCCC2)C1=O.Cl. The molecule has 1 heterocycles. The lowest BCUT2D eigenvalue weighted by Crippen LogP contribution is -2.50. The van der Waals surface area contributed by atoms with Gasteiger partial charge < -0.3 is 16.0 Å². The Morgan fingerprint density at radius 2 is 1.84 bits per heavy atom. The van der Waals surface area contributed by atoms with Crippen LogP contribution in [0.3, 0.4) is 0 Å². The molecule has 2 rings (SSSR count). The molecule has 1 atom stereocenters. The molecule has 25 heavy (non-hydrogen) atoms. The highest BCUT2D eigenvalue weighted by atomic mass is 35.5. The van der Waals surface area contributed by atoms with Gasteiger partial charge in [0.25, 0.3) is 5.91 Å². The van der Waals surface area contributed by atoms with Gasteiger partial charge in [-0.05, 0) is 25.2 Å². The van der Waals surface area contributed by atoms with Crippen molar-refractivity contribution in [2.45, 2.75) is 64.0 Å². The largest absolute Gasteiger partial charge is 0.351 e. The summed E-state index contributed by atoms with van der Waals surface area (Å²) in [5, 5.41) is 2.84. The number of nitrogens with two attached hydrogens (primary N) is 1. The summed E-state index contributed by atoms with van der Waals surface area (Å²) in [7, 11) is 1.67. The summed E-state index contributed by atoms with van der Waals surface area (Å²) in [5.74, 6) is -0.141. The summed E-state index contributed by atoms with van der Waals surface area (Å²) < 4.78 is 0. The maximum atomic E-state index is 12.8. The number of rotatable bonds is 6. The van der Waals surface area contributed by atoms with Crippen LogP contribution in [-0.2, 0) is 9.59 Å². The highest BCUT2D eigenvalue weighted by Gasteiger charge is 2.55. The predicted molar refractivity (Wildman–Crippen MR) is 98.4 cm³/mol. The highest BCUT2D eigenvalue weighted by Crippen LogP contribution is 2.39. The Hall–Kier alpha value is -1.34. The Morgan fingerprint density at radius 3 is 2.36 bits per heavy atom. The number of urea groups is 1. The first-order chi connectivity index (χ1) is 11.3. The molecule has 3 N–H and O–H groups in total.